The molecule has 0 aliphatic rings. The van der Waals surface area contributed by atoms with Gasteiger partial charge in [0.05, 0.1) is 5.69 Å². The monoisotopic (exact) mass is 407 g/mol. The minimum absolute atomic E-state index is 0.134. The fourth-order valence-electron chi connectivity index (χ4n) is 2.59. The molecule has 0 saturated heterocycles. The predicted octanol–water partition coefficient (Wildman–Crippen LogP) is 4.02. The number of nitrogens with one attached hydrogen (secondary N) is 2. The van der Waals surface area contributed by atoms with Crippen molar-refractivity contribution in [2.45, 2.75) is 26.8 Å². The molecule has 0 radical (unpaired) electrons. The lowest BCUT2D eigenvalue weighted by Crippen LogP contribution is -2.26. The SMILES string of the molecule is CCn1c(CCNC(=O)c2sc(-c3cccc(Cl)c3)nc2C)n[nH]c1=S. The highest BCUT2D eigenvalue weighted by Crippen LogP contribution is 2.29. The smallest absolute Gasteiger partial charge is 0.263 e. The molecule has 0 fully saturated rings. The maximum absolute atomic E-state index is 12.5. The number of aromatic amines is 1. The number of thiazole rings is 1. The van der Waals surface area contributed by atoms with Gasteiger partial charge in [0, 0.05) is 30.1 Å². The van der Waals surface area contributed by atoms with E-state index in [-0.39, 0.29) is 5.91 Å². The third-order valence-corrected chi connectivity index (χ3v) is 5.61. The van der Waals surface area contributed by atoms with Gasteiger partial charge in [-0.1, -0.05) is 23.7 Å². The number of aryl methyl sites for hydroxylation is 1. The van der Waals surface area contributed by atoms with Crippen molar-refractivity contribution in [2.75, 3.05) is 6.54 Å². The fourth-order valence-corrected chi connectivity index (χ4v) is 4.04. The third-order valence-electron chi connectivity index (χ3n) is 3.86. The van der Waals surface area contributed by atoms with Crippen molar-refractivity contribution in [3.63, 3.8) is 0 Å². The van der Waals surface area contributed by atoms with Gasteiger partial charge in [0.1, 0.15) is 15.7 Å². The van der Waals surface area contributed by atoms with Gasteiger partial charge in [0.25, 0.3) is 5.91 Å². The van der Waals surface area contributed by atoms with Gasteiger partial charge in [-0.15, -0.1) is 11.3 Å². The van der Waals surface area contributed by atoms with Gasteiger partial charge in [-0.05, 0) is 38.2 Å². The number of hydrogen-bond acceptors (Lipinski definition) is 5. The Kier molecular flexibility index (Phi) is 5.85. The molecule has 0 bridgehead atoms. The predicted molar refractivity (Wildman–Crippen MR) is 106 cm³/mol. The highest BCUT2D eigenvalue weighted by Gasteiger charge is 2.16. The summed E-state index contributed by atoms with van der Waals surface area (Å²) in [4.78, 5) is 17.6. The first kappa shape index (κ1) is 18.8. The average molecular weight is 408 g/mol. The van der Waals surface area contributed by atoms with Crippen molar-refractivity contribution in [1.29, 1.82) is 0 Å². The zero-order valence-electron chi connectivity index (χ0n) is 14.4. The van der Waals surface area contributed by atoms with Crippen LogP contribution < -0.4 is 5.32 Å². The van der Waals surface area contributed by atoms with Crippen molar-refractivity contribution in [3.05, 3.63) is 50.5 Å². The number of H-pyrrole nitrogens is 1. The van der Waals surface area contributed by atoms with E-state index in [0.717, 1.165) is 22.9 Å². The Hall–Kier alpha value is -2.03. The summed E-state index contributed by atoms with van der Waals surface area (Å²) in [5.41, 5.74) is 1.61. The zero-order valence-corrected chi connectivity index (χ0v) is 16.8. The van der Waals surface area contributed by atoms with Crippen LogP contribution >= 0.6 is 35.2 Å². The van der Waals surface area contributed by atoms with Gasteiger partial charge in [0.2, 0.25) is 0 Å². The van der Waals surface area contributed by atoms with Crippen molar-refractivity contribution >= 4 is 41.1 Å². The number of carbonyl (C=O) groups is 1. The number of carbonyl (C=O) groups excluding carboxylic acids is 1. The molecule has 2 N–H and O–H groups in total. The molecule has 0 unspecified atom stereocenters. The second-order valence-corrected chi connectivity index (χ2v) is 7.46. The molecule has 1 aromatic carbocycles. The molecule has 9 heteroatoms. The van der Waals surface area contributed by atoms with Crippen LogP contribution in [-0.2, 0) is 13.0 Å². The molecule has 0 aliphatic heterocycles. The summed E-state index contributed by atoms with van der Waals surface area (Å²) in [6, 6.07) is 7.45. The molecule has 3 rings (SSSR count). The molecule has 0 atom stereocenters. The summed E-state index contributed by atoms with van der Waals surface area (Å²) in [6.45, 7) is 5.06. The molecule has 2 aromatic heterocycles. The first-order valence-electron chi connectivity index (χ1n) is 8.15. The van der Waals surface area contributed by atoms with E-state index in [1.807, 2.05) is 42.7 Å². The topological polar surface area (TPSA) is 75.6 Å². The lowest BCUT2D eigenvalue weighted by atomic mass is 10.2. The number of hydrogen-bond donors (Lipinski definition) is 2. The van der Waals surface area contributed by atoms with Crippen molar-refractivity contribution < 1.29 is 4.79 Å². The van der Waals surface area contributed by atoms with E-state index in [1.165, 1.54) is 11.3 Å². The summed E-state index contributed by atoms with van der Waals surface area (Å²) in [7, 11) is 0. The van der Waals surface area contributed by atoms with Crippen LogP contribution in [-0.4, -0.2) is 32.2 Å². The van der Waals surface area contributed by atoms with Crippen molar-refractivity contribution in [2.24, 2.45) is 0 Å². The summed E-state index contributed by atoms with van der Waals surface area (Å²) in [5.74, 6) is 0.698. The van der Waals surface area contributed by atoms with Crippen LogP contribution in [0, 0.1) is 11.7 Å². The van der Waals surface area contributed by atoms with Crippen LogP contribution in [0.5, 0.6) is 0 Å². The summed E-state index contributed by atoms with van der Waals surface area (Å²) >= 11 is 12.6. The zero-order chi connectivity index (χ0) is 18.7. The van der Waals surface area contributed by atoms with Gasteiger partial charge in [-0.2, -0.15) is 5.10 Å². The molecule has 26 heavy (non-hydrogen) atoms. The molecule has 3 aromatic rings. The molecule has 2 heterocycles. The lowest BCUT2D eigenvalue weighted by molar-refractivity contribution is 0.0957. The van der Waals surface area contributed by atoms with E-state index >= 15 is 0 Å². The molecule has 0 spiro atoms. The van der Waals surface area contributed by atoms with Crippen LogP contribution in [0.3, 0.4) is 0 Å². The number of halogens is 1. The number of rotatable bonds is 6. The van der Waals surface area contributed by atoms with Crippen LogP contribution in [0.1, 0.15) is 28.1 Å². The number of amides is 1. The van der Waals surface area contributed by atoms with Gasteiger partial charge in [-0.3, -0.25) is 9.89 Å². The van der Waals surface area contributed by atoms with E-state index in [9.17, 15) is 4.79 Å². The van der Waals surface area contributed by atoms with Crippen molar-refractivity contribution in [3.8, 4) is 10.6 Å². The van der Waals surface area contributed by atoms with Gasteiger partial charge < -0.3 is 9.88 Å². The van der Waals surface area contributed by atoms with E-state index in [2.05, 4.69) is 20.5 Å². The summed E-state index contributed by atoms with van der Waals surface area (Å²) in [6.07, 6.45) is 0.603. The minimum Gasteiger partial charge on any atom is -0.351 e. The molecule has 136 valence electrons. The second-order valence-electron chi connectivity index (χ2n) is 5.64. The summed E-state index contributed by atoms with van der Waals surface area (Å²) in [5, 5.41) is 11.3. The Balaban J connectivity index is 1.67. The maximum Gasteiger partial charge on any atom is 0.263 e. The second kappa shape index (κ2) is 8.11. The first-order chi connectivity index (χ1) is 12.5. The quantitative estimate of drug-likeness (QED) is 0.605. The highest BCUT2D eigenvalue weighted by molar-refractivity contribution is 7.71. The van der Waals surface area contributed by atoms with Crippen LogP contribution in [0.15, 0.2) is 24.3 Å². The van der Waals surface area contributed by atoms with Gasteiger partial charge >= 0.3 is 0 Å². The normalized spacial score (nSPS) is 10.9. The van der Waals surface area contributed by atoms with E-state index in [1.54, 1.807) is 0 Å². The molecule has 6 nitrogen and oxygen atoms in total. The Morgan fingerprint density at radius 2 is 2.27 bits per heavy atom. The average Bonchev–Trinajstić information content (AvgIpc) is 3.17. The highest BCUT2D eigenvalue weighted by atomic mass is 35.5. The van der Waals surface area contributed by atoms with Crippen LogP contribution in [0.2, 0.25) is 5.02 Å². The molecule has 0 saturated carbocycles. The van der Waals surface area contributed by atoms with Gasteiger partial charge in [0.15, 0.2) is 4.77 Å². The Morgan fingerprint density at radius 1 is 1.46 bits per heavy atom. The lowest BCUT2D eigenvalue weighted by Gasteiger charge is -2.05. The molecule has 1 amide bonds. The standard InChI is InChI=1S/C17H18ClN5OS2/c1-3-23-13(21-22-17(23)25)7-8-19-15(24)14-10(2)20-16(26-14)11-5-4-6-12(18)9-11/h4-6,9H,3,7-8H2,1-2H3,(H,19,24)(H,22,25). The van der Waals surface area contributed by atoms with Crippen molar-refractivity contribution in [1.82, 2.24) is 25.1 Å². The molecular weight excluding hydrogens is 390 g/mol. The number of nitrogens with zero attached hydrogens (tertiary/aromatic N) is 3. The fraction of sp³-hybridized carbons (Fsp3) is 0.294. The Morgan fingerprint density at radius 3 is 3.00 bits per heavy atom. The third kappa shape index (κ3) is 4.03. The molecule has 0 aliphatic carbocycles. The Bertz CT molecular complexity index is 991. The van der Waals surface area contributed by atoms with E-state index in [4.69, 9.17) is 23.8 Å². The van der Waals surface area contributed by atoms with Crippen LogP contribution in [0.25, 0.3) is 10.6 Å². The van der Waals surface area contributed by atoms with Gasteiger partial charge in [-0.25, -0.2) is 4.98 Å². The maximum atomic E-state index is 12.5. The van der Waals surface area contributed by atoms with Crippen LogP contribution in [0.4, 0.5) is 0 Å². The molecular formula is C17H18ClN5OS2. The van der Waals surface area contributed by atoms with E-state index < -0.39 is 0 Å². The largest absolute Gasteiger partial charge is 0.351 e. The summed E-state index contributed by atoms with van der Waals surface area (Å²) < 4.78 is 2.51. The Labute approximate surface area is 165 Å². The first-order valence-corrected chi connectivity index (χ1v) is 9.75. The minimum atomic E-state index is -0.134. The number of aromatic nitrogens is 4. The number of benzene rings is 1. The van der Waals surface area contributed by atoms with E-state index in [0.29, 0.717) is 33.3 Å².